The van der Waals surface area contributed by atoms with Gasteiger partial charge in [-0.1, -0.05) is 19.3 Å². The van der Waals surface area contributed by atoms with Crippen LogP contribution in [-0.4, -0.2) is 29.5 Å². The first-order valence-electron chi connectivity index (χ1n) is 5.67. The van der Waals surface area contributed by atoms with E-state index in [2.05, 4.69) is 5.32 Å². The van der Waals surface area contributed by atoms with Gasteiger partial charge in [-0.3, -0.25) is 4.79 Å². The molecule has 0 aromatic rings. The molecule has 0 bridgehead atoms. The number of halogens is 1. The third-order valence-corrected chi connectivity index (χ3v) is 3.83. The van der Waals surface area contributed by atoms with Gasteiger partial charge in [0, 0.05) is 11.8 Å². The highest BCUT2D eigenvalue weighted by Gasteiger charge is 2.35. The fraction of sp³-hybridized carbons (Fsp3) is 0.909. The van der Waals surface area contributed by atoms with Crippen LogP contribution in [0.15, 0.2) is 0 Å². The van der Waals surface area contributed by atoms with E-state index < -0.39 is 5.54 Å². The Morgan fingerprint density at radius 3 is 2.50 bits per heavy atom. The number of nitrogens with two attached hydrogens (primary N) is 1. The minimum atomic E-state index is -0.592. The third kappa shape index (κ3) is 4.52. The van der Waals surface area contributed by atoms with Crippen molar-refractivity contribution in [3.05, 3.63) is 0 Å². The molecule has 0 heterocycles. The van der Waals surface area contributed by atoms with E-state index in [4.69, 9.17) is 5.73 Å². The molecule has 0 aromatic heterocycles. The van der Waals surface area contributed by atoms with Crippen LogP contribution in [0.2, 0.25) is 0 Å². The van der Waals surface area contributed by atoms with E-state index >= 15 is 0 Å². The first-order valence-corrected chi connectivity index (χ1v) is 7.06. The Hall–Kier alpha value is 0.0700. The molecule has 96 valence electrons. The van der Waals surface area contributed by atoms with Crippen LogP contribution in [0.5, 0.6) is 0 Å². The van der Waals surface area contributed by atoms with E-state index in [1.807, 2.05) is 13.2 Å². The highest BCUT2D eigenvalue weighted by atomic mass is 35.5. The molecule has 1 saturated carbocycles. The molecule has 1 amide bonds. The van der Waals surface area contributed by atoms with E-state index in [0.717, 1.165) is 31.4 Å². The lowest BCUT2D eigenvalue weighted by Gasteiger charge is -2.32. The summed E-state index contributed by atoms with van der Waals surface area (Å²) >= 11 is 1.74. The minimum Gasteiger partial charge on any atom is -0.351 e. The van der Waals surface area contributed by atoms with Crippen molar-refractivity contribution in [1.29, 1.82) is 0 Å². The van der Waals surface area contributed by atoms with Crippen molar-refractivity contribution in [2.75, 3.05) is 12.0 Å². The fourth-order valence-electron chi connectivity index (χ4n) is 2.07. The Morgan fingerprint density at radius 1 is 1.44 bits per heavy atom. The second kappa shape index (κ2) is 7.41. The topological polar surface area (TPSA) is 55.1 Å². The summed E-state index contributed by atoms with van der Waals surface area (Å²) in [6.07, 6.45) is 7.10. The molecule has 0 spiro atoms. The van der Waals surface area contributed by atoms with Crippen LogP contribution in [0.1, 0.15) is 39.0 Å². The second-order valence-electron chi connectivity index (χ2n) is 4.55. The Labute approximate surface area is 109 Å². The Kier molecular flexibility index (Phi) is 7.44. The second-order valence-corrected chi connectivity index (χ2v) is 5.46. The summed E-state index contributed by atoms with van der Waals surface area (Å²) in [7, 11) is 0. The summed E-state index contributed by atoms with van der Waals surface area (Å²) in [5.74, 6) is 0.991. The average molecular weight is 267 g/mol. The highest BCUT2D eigenvalue weighted by molar-refractivity contribution is 7.98. The monoisotopic (exact) mass is 266 g/mol. The number of hydrogen-bond donors (Lipinski definition) is 2. The predicted octanol–water partition coefficient (Wildman–Crippen LogP) is 1.94. The standard InChI is InChI=1S/C11H22N2OS.ClH/c1-9(8-15-2)13-10(14)11(12)6-4-3-5-7-11;/h9H,3-8,12H2,1-2H3,(H,13,14);1H. The van der Waals surface area contributed by atoms with Crippen LogP contribution >= 0.6 is 24.2 Å². The van der Waals surface area contributed by atoms with E-state index in [1.54, 1.807) is 11.8 Å². The number of nitrogens with one attached hydrogen (secondary N) is 1. The van der Waals surface area contributed by atoms with Crippen LogP contribution in [0, 0.1) is 0 Å². The van der Waals surface area contributed by atoms with Crippen molar-refractivity contribution in [1.82, 2.24) is 5.32 Å². The first-order chi connectivity index (χ1) is 7.08. The number of carbonyl (C=O) groups is 1. The molecule has 0 aliphatic heterocycles. The van der Waals surface area contributed by atoms with Gasteiger partial charge in [0.1, 0.15) is 0 Å². The van der Waals surface area contributed by atoms with Gasteiger partial charge in [0.25, 0.3) is 0 Å². The molecule has 16 heavy (non-hydrogen) atoms. The van der Waals surface area contributed by atoms with Crippen molar-refractivity contribution >= 4 is 30.1 Å². The Morgan fingerprint density at radius 2 is 2.00 bits per heavy atom. The first kappa shape index (κ1) is 16.1. The van der Waals surface area contributed by atoms with Crippen LogP contribution in [0.25, 0.3) is 0 Å². The van der Waals surface area contributed by atoms with Crippen molar-refractivity contribution in [2.45, 2.75) is 50.6 Å². The van der Waals surface area contributed by atoms with Gasteiger partial charge < -0.3 is 11.1 Å². The Bertz CT molecular complexity index is 220. The zero-order chi connectivity index (χ0) is 11.3. The maximum Gasteiger partial charge on any atom is 0.240 e. The lowest BCUT2D eigenvalue weighted by molar-refractivity contribution is -0.128. The molecule has 1 fully saturated rings. The molecule has 3 nitrogen and oxygen atoms in total. The summed E-state index contributed by atoms with van der Waals surface area (Å²) in [5, 5.41) is 3.01. The molecular formula is C11H23ClN2OS. The molecule has 5 heteroatoms. The van der Waals surface area contributed by atoms with Gasteiger partial charge in [-0.2, -0.15) is 11.8 Å². The molecule has 0 radical (unpaired) electrons. The van der Waals surface area contributed by atoms with Gasteiger partial charge in [0.2, 0.25) is 5.91 Å². The molecule has 3 N–H and O–H groups in total. The predicted molar refractivity (Wildman–Crippen MR) is 73.2 cm³/mol. The van der Waals surface area contributed by atoms with Crippen molar-refractivity contribution in [3.63, 3.8) is 0 Å². The van der Waals surface area contributed by atoms with Crippen LogP contribution in [0.3, 0.4) is 0 Å². The minimum absolute atomic E-state index is 0. The molecule has 1 unspecified atom stereocenters. The van der Waals surface area contributed by atoms with E-state index in [1.165, 1.54) is 6.42 Å². The number of hydrogen-bond acceptors (Lipinski definition) is 3. The largest absolute Gasteiger partial charge is 0.351 e. The summed E-state index contributed by atoms with van der Waals surface area (Å²) < 4.78 is 0. The highest BCUT2D eigenvalue weighted by Crippen LogP contribution is 2.26. The number of rotatable bonds is 4. The zero-order valence-electron chi connectivity index (χ0n) is 10.1. The quantitative estimate of drug-likeness (QED) is 0.818. The van der Waals surface area contributed by atoms with Crippen molar-refractivity contribution < 1.29 is 4.79 Å². The molecule has 0 aromatic carbocycles. The van der Waals surface area contributed by atoms with E-state index in [-0.39, 0.29) is 24.4 Å². The lowest BCUT2D eigenvalue weighted by Crippen LogP contribution is -2.57. The van der Waals surface area contributed by atoms with Gasteiger partial charge in [0.05, 0.1) is 5.54 Å². The molecule has 1 atom stereocenters. The summed E-state index contributed by atoms with van der Waals surface area (Å²) in [5.41, 5.74) is 5.54. The van der Waals surface area contributed by atoms with Gasteiger partial charge in [-0.15, -0.1) is 12.4 Å². The normalized spacial score (nSPS) is 20.7. The molecule has 0 saturated heterocycles. The maximum atomic E-state index is 12.0. The van der Waals surface area contributed by atoms with Gasteiger partial charge in [-0.25, -0.2) is 0 Å². The van der Waals surface area contributed by atoms with Gasteiger partial charge in [-0.05, 0) is 26.0 Å². The van der Waals surface area contributed by atoms with Crippen LogP contribution in [0.4, 0.5) is 0 Å². The molecule has 1 rings (SSSR count). The van der Waals surface area contributed by atoms with Crippen LogP contribution < -0.4 is 11.1 Å². The number of carbonyl (C=O) groups excluding carboxylic acids is 1. The van der Waals surface area contributed by atoms with Gasteiger partial charge >= 0.3 is 0 Å². The molecule has 1 aliphatic rings. The number of thioether (sulfide) groups is 1. The van der Waals surface area contributed by atoms with Crippen molar-refractivity contribution in [2.24, 2.45) is 5.73 Å². The van der Waals surface area contributed by atoms with Gasteiger partial charge in [0.15, 0.2) is 0 Å². The van der Waals surface area contributed by atoms with Crippen molar-refractivity contribution in [3.8, 4) is 0 Å². The summed E-state index contributed by atoms with van der Waals surface area (Å²) in [4.78, 5) is 12.0. The molecular weight excluding hydrogens is 244 g/mol. The fourth-order valence-corrected chi connectivity index (χ4v) is 2.65. The van der Waals surface area contributed by atoms with Crippen LogP contribution in [-0.2, 0) is 4.79 Å². The smallest absolute Gasteiger partial charge is 0.240 e. The molecule has 1 aliphatic carbocycles. The summed E-state index contributed by atoms with van der Waals surface area (Å²) in [6.45, 7) is 2.03. The average Bonchev–Trinajstić information content (AvgIpc) is 2.19. The SMILES string of the molecule is CSCC(C)NC(=O)C1(N)CCCCC1.Cl. The lowest BCUT2D eigenvalue weighted by atomic mass is 9.82. The van der Waals surface area contributed by atoms with E-state index in [9.17, 15) is 4.79 Å². The maximum absolute atomic E-state index is 12.0. The van der Waals surface area contributed by atoms with E-state index in [0.29, 0.717) is 0 Å². The third-order valence-electron chi connectivity index (χ3n) is 2.99. The summed E-state index contributed by atoms with van der Waals surface area (Å²) in [6, 6.07) is 0.217. The zero-order valence-corrected chi connectivity index (χ0v) is 11.8. The Balaban J connectivity index is 0.00000225. The number of amides is 1.